The lowest BCUT2D eigenvalue weighted by Gasteiger charge is -2.32. The quantitative estimate of drug-likeness (QED) is 0.801. The standard InChI is InChI=1S/C14H28N2O/c1-4-16(10-11(2)3)14(17)13-7-5-6-12(8-13)9-15/h11-13H,4-10,15H2,1-3H3. The Balaban J connectivity index is 2.54. The van der Waals surface area contributed by atoms with Crippen molar-refractivity contribution in [2.24, 2.45) is 23.5 Å². The van der Waals surface area contributed by atoms with Crippen LogP contribution in [0.5, 0.6) is 0 Å². The van der Waals surface area contributed by atoms with E-state index in [4.69, 9.17) is 5.73 Å². The van der Waals surface area contributed by atoms with Gasteiger partial charge in [0.1, 0.15) is 0 Å². The summed E-state index contributed by atoms with van der Waals surface area (Å²) in [7, 11) is 0. The molecule has 1 fully saturated rings. The highest BCUT2D eigenvalue weighted by molar-refractivity contribution is 5.78. The Labute approximate surface area is 106 Å². The molecule has 0 radical (unpaired) electrons. The molecule has 0 aromatic carbocycles. The van der Waals surface area contributed by atoms with Crippen molar-refractivity contribution in [2.45, 2.75) is 46.5 Å². The van der Waals surface area contributed by atoms with Crippen molar-refractivity contribution in [1.29, 1.82) is 0 Å². The molecule has 0 spiro atoms. The molecule has 0 bridgehead atoms. The molecule has 1 aliphatic carbocycles. The van der Waals surface area contributed by atoms with Gasteiger partial charge in [-0.3, -0.25) is 4.79 Å². The van der Waals surface area contributed by atoms with Gasteiger partial charge in [-0.05, 0) is 44.6 Å². The number of nitrogens with zero attached hydrogens (tertiary/aromatic N) is 1. The van der Waals surface area contributed by atoms with Gasteiger partial charge in [-0.25, -0.2) is 0 Å². The number of hydrogen-bond acceptors (Lipinski definition) is 2. The Morgan fingerprint density at radius 3 is 2.65 bits per heavy atom. The summed E-state index contributed by atoms with van der Waals surface area (Å²) < 4.78 is 0. The van der Waals surface area contributed by atoms with E-state index in [0.717, 1.165) is 38.9 Å². The lowest BCUT2D eigenvalue weighted by atomic mass is 9.80. The first-order valence-corrected chi connectivity index (χ1v) is 7.07. The smallest absolute Gasteiger partial charge is 0.225 e. The fourth-order valence-corrected chi connectivity index (χ4v) is 2.80. The lowest BCUT2D eigenvalue weighted by Crippen LogP contribution is -2.40. The van der Waals surface area contributed by atoms with Crippen LogP contribution in [0.4, 0.5) is 0 Å². The average molecular weight is 240 g/mol. The molecule has 100 valence electrons. The topological polar surface area (TPSA) is 46.3 Å². The number of carbonyl (C=O) groups is 1. The lowest BCUT2D eigenvalue weighted by molar-refractivity contribution is -0.137. The number of carbonyl (C=O) groups excluding carboxylic acids is 1. The summed E-state index contributed by atoms with van der Waals surface area (Å²) in [5, 5.41) is 0. The van der Waals surface area contributed by atoms with Crippen LogP contribution >= 0.6 is 0 Å². The SMILES string of the molecule is CCN(CC(C)C)C(=O)C1CCCC(CN)C1. The molecule has 2 N–H and O–H groups in total. The second kappa shape index (κ2) is 7.00. The Kier molecular flexibility index (Phi) is 5.96. The predicted octanol–water partition coefficient (Wildman–Crippen LogP) is 2.26. The van der Waals surface area contributed by atoms with E-state index in [1.807, 2.05) is 4.90 Å². The van der Waals surface area contributed by atoms with Crippen LogP contribution in [-0.4, -0.2) is 30.4 Å². The van der Waals surface area contributed by atoms with E-state index in [2.05, 4.69) is 20.8 Å². The summed E-state index contributed by atoms with van der Waals surface area (Å²) in [6, 6.07) is 0. The summed E-state index contributed by atoms with van der Waals surface area (Å²) in [5.74, 6) is 1.71. The van der Waals surface area contributed by atoms with Crippen LogP contribution in [0, 0.1) is 17.8 Å². The number of hydrogen-bond donors (Lipinski definition) is 1. The van der Waals surface area contributed by atoms with Crippen molar-refractivity contribution < 1.29 is 4.79 Å². The second-order valence-corrected chi connectivity index (χ2v) is 5.74. The monoisotopic (exact) mass is 240 g/mol. The molecule has 2 unspecified atom stereocenters. The predicted molar refractivity (Wildman–Crippen MR) is 71.6 cm³/mol. The third kappa shape index (κ3) is 4.30. The molecule has 1 aliphatic rings. The molecule has 1 rings (SSSR count). The zero-order valence-electron chi connectivity index (χ0n) is 11.6. The van der Waals surface area contributed by atoms with Gasteiger partial charge in [0.2, 0.25) is 5.91 Å². The molecular weight excluding hydrogens is 212 g/mol. The minimum Gasteiger partial charge on any atom is -0.342 e. The van der Waals surface area contributed by atoms with E-state index < -0.39 is 0 Å². The largest absolute Gasteiger partial charge is 0.342 e. The van der Waals surface area contributed by atoms with E-state index in [0.29, 0.717) is 17.7 Å². The van der Waals surface area contributed by atoms with Crippen LogP contribution in [0.1, 0.15) is 46.5 Å². The van der Waals surface area contributed by atoms with Gasteiger partial charge in [-0.1, -0.05) is 20.3 Å². The van der Waals surface area contributed by atoms with Gasteiger partial charge < -0.3 is 10.6 Å². The van der Waals surface area contributed by atoms with Crippen molar-refractivity contribution >= 4 is 5.91 Å². The van der Waals surface area contributed by atoms with Crippen molar-refractivity contribution in [3.05, 3.63) is 0 Å². The molecule has 0 aromatic rings. The van der Waals surface area contributed by atoms with E-state index in [9.17, 15) is 4.79 Å². The van der Waals surface area contributed by atoms with Gasteiger partial charge >= 0.3 is 0 Å². The van der Waals surface area contributed by atoms with Crippen molar-refractivity contribution in [1.82, 2.24) is 4.90 Å². The molecular formula is C14H28N2O. The summed E-state index contributed by atoms with van der Waals surface area (Å²) in [6.07, 6.45) is 4.43. The van der Waals surface area contributed by atoms with Gasteiger partial charge in [0.15, 0.2) is 0 Å². The minimum absolute atomic E-state index is 0.232. The van der Waals surface area contributed by atoms with E-state index >= 15 is 0 Å². The summed E-state index contributed by atoms with van der Waals surface area (Å²) in [4.78, 5) is 14.4. The first-order valence-electron chi connectivity index (χ1n) is 7.07. The highest BCUT2D eigenvalue weighted by Crippen LogP contribution is 2.29. The highest BCUT2D eigenvalue weighted by atomic mass is 16.2. The van der Waals surface area contributed by atoms with E-state index in [1.165, 1.54) is 6.42 Å². The second-order valence-electron chi connectivity index (χ2n) is 5.74. The molecule has 2 atom stereocenters. The van der Waals surface area contributed by atoms with Gasteiger partial charge in [-0.2, -0.15) is 0 Å². The van der Waals surface area contributed by atoms with Crippen LogP contribution in [0.3, 0.4) is 0 Å². The zero-order valence-corrected chi connectivity index (χ0v) is 11.6. The molecule has 0 aliphatic heterocycles. The molecule has 1 saturated carbocycles. The first-order chi connectivity index (χ1) is 8.08. The molecule has 17 heavy (non-hydrogen) atoms. The van der Waals surface area contributed by atoms with E-state index in [1.54, 1.807) is 0 Å². The van der Waals surface area contributed by atoms with E-state index in [-0.39, 0.29) is 5.92 Å². The van der Waals surface area contributed by atoms with Crippen LogP contribution in [0.25, 0.3) is 0 Å². The molecule has 0 heterocycles. The van der Waals surface area contributed by atoms with Gasteiger partial charge in [0.25, 0.3) is 0 Å². The van der Waals surface area contributed by atoms with Crippen molar-refractivity contribution in [3.63, 3.8) is 0 Å². The Bertz CT molecular complexity index is 240. The fraction of sp³-hybridized carbons (Fsp3) is 0.929. The number of nitrogens with two attached hydrogens (primary N) is 1. The summed E-state index contributed by atoms with van der Waals surface area (Å²) >= 11 is 0. The van der Waals surface area contributed by atoms with Crippen LogP contribution in [0.15, 0.2) is 0 Å². The molecule has 0 aromatic heterocycles. The fourth-order valence-electron chi connectivity index (χ4n) is 2.80. The summed E-state index contributed by atoms with van der Waals surface area (Å²) in [6.45, 7) is 8.86. The van der Waals surface area contributed by atoms with Gasteiger partial charge in [-0.15, -0.1) is 0 Å². The first kappa shape index (κ1) is 14.5. The van der Waals surface area contributed by atoms with Crippen molar-refractivity contribution in [3.8, 4) is 0 Å². The van der Waals surface area contributed by atoms with Crippen molar-refractivity contribution in [2.75, 3.05) is 19.6 Å². The van der Waals surface area contributed by atoms with Crippen LogP contribution in [0.2, 0.25) is 0 Å². The molecule has 3 nitrogen and oxygen atoms in total. The normalized spacial score (nSPS) is 25.0. The Hall–Kier alpha value is -0.570. The average Bonchev–Trinajstić information content (AvgIpc) is 2.35. The number of rotatable bonds is 5. The maximum Gasteiger partial charge on any atom is 0.225 e. The number of amides is 1. The van der Waals surface area contributed by atoms with Gasteiger partial charge in [0, 0.05) is 19.0 Å². The van der Waals surface area contributed by atoms with Crippen LogP contribution < -0.4 is 5.73 Å². The minimum atomic E-state index is 0.232. The highest BCUT2D eigenvalue weighted by Gasteiger charge is 2.29. The maximum absolute atomic E-state index is 12.4. The molecule has 1 amide bonds. The third-order valence-corrected chi connectivity index (χ3v) is 3.74. The maximum atomic E-state index is 12.4. The molecule has 3 heteroatoms. The zero-order chi connectivity index (χ0) is 12.8. The molecule has 0 saturated heterocycles. The summed E-state index contributed by atoms with van der Waals surface area (Å²) in [5.41, 5.74) is 5.73. The van der Waals surface area contributed by atoms with Crippen LogP contribution in [-0.2, 0) is 4.79 Å². The van der Waals surface area contributed by atoms with Gasteiger partial charge in [0.05, 0.1) is 0 Å². The Morgan fingerprint density at radius 1 is 1.41 bits per heavy atom. The third-order valence-electron chi connectivity index (χ3n) is 3.74. The Morgan fingerprint density at radius 2 is 2.12 bits per heavy atom.